The minimum absolute atomic E-state index is 1.11. The molecule has 194 valence electrons. The normalized spacial score (nSPS) is 10.8. The summed E-state index contributed by atoms with van der Waals surface area (Å²) in [4.78, 5) is 4.55. The molecule has 0 unspecified atom stereocenters. The first kappa shape index (κ1) is 25.2. The summed E-state index contributed by atoms with van der Waals surface area (Å²) in [6.07, 6.45) is 0. The Balaban J connectivity index is 1.36. The number of hydrogen-bond donors (Lipinski definition) is 0. The van der Waals surface area contributed by atoms with Gasteiger partial charge in [-0.15, -0.1) is 0 Å². The summed E-state index contributed by atoms with van der Waals surface area (Å²) in [5.41, 5.74) is 11.8. The molecule has 0 aliphatic heterocycles. The van der Waals surface area contributed by atoms with Crippen molar-refractivity contribution in [2.24, 2.45) is 0 Å². The second-order valence-electron chi connectivity index (χ2n) is 10.1. The van der Waals surface area contributed by atoms with Crippen molar-refractivity contribution < 1.29 is 0 Å². The first-order valence-corrected chi connectivity index (χ1v) is 13.7. The quantitative estimate of drug-likeness (QED) is 0.208. The zero-order valence-electron chi connectivity index (χ0n) is 22.9. The molecule has 0 bridgehead atoms. The zero-order chi connectivity index (χ0) is 27.3. The standard InChI is InChI=1S/C38H32N2/c1-29-10-9-15-38(28-29)39(2)34-24-26-37(27-25-34)40(35-20-16-32(17-21-35)30-11-5-3-6-12-30)36-22-18-33(19-23-36)31-13-7-4-8-14-31/h3-28H,1-2H3. The maximum absolute atomic E-state index is 2.32. The maximum atomic E-state index is 2.32. The number of aryl methyl sites for hydroxylation is 1. The van der Waals surface area contributed by atoms with E-state index < -0.39 is 0 Å². The molecule has 0 aliphatic carbocycles. The molecule has 0 saturated carbocycles. The average Bonchev–Trinajstić information content (AvgIpc) is 3.03. The Kier molecular flexibility index (Phi) is 7.15. The van der Waals surface area contributed by atoms with Gasteiger partial charge in [0.15, 0.2) is 0 Å². The summed E-state index contributed by atoms with van der Waals surface area (Å²) in [5.74, 6) is 0. The summed E-state index contributed by atoms with van der Waals surface area (Å²) in [5, 5.41) is 0. The summed E-state index contributed by atoms with van der Waals surface area (Å²) in [6, 6.07) is 56.1. The molecule has 6 rings (SSSR count). The lowest BCUT2D eigenvalue weighted by molar-refractivity contribution is 1.20. The van der Waals surface area contributed by atoms with Crippen LogP contribution in [0.3, 0.4) is 0 Å². The predicted molar refractivity (Wildman–Crippen MR) is 171 cm³/mol. The van der Waals surface area contributed by atoms with E-state index in [4.69, 9.17) is 0 Å². The van der Waals surface area contributed by atoms with Crippen molar-refractivity contribution in [1.82, 2.24) is 0 Å². The Hall–Kier alpha value is -5.08. The average molecular weight is 517 g/mol. The molecule has 0 amide bonds. The molecular weight excluding hydrogens is 484 g/mol. The lowest BCUT2D eigenvalue weighted by atomic mass is 10.0. The van der Waals surface area contributed by atoms with E-state index in [-0.39, 0.29) is 0 Å². The summed E-state index contributed by atoms with van der Waals surface area (Å²) < 4.78 is 0. The molecule has 0 atom stereocenters. The van der Waals surface area contributed by atoms with Crippen LogP contribution in [0.15, 0.2) is 158 Å². The van der Waals surface area contributed by atoms with Crippen molar-refractivity contribution in [3.63, 3.8) is 0 Å². The van der Waals surface area contributed by atoms with E-state index in [2.05, 4.69) is 181 Å². The van der Waals surface area contributed by atoms with Gasteiger partial charge in [-0.05, 0) is 95.4 Å². The third-order valence-corrected chi connectivity index (χ3v) is 7.35. The van der Waals surface area contributed by atoms with Crippen LogP contribution in [-0.2, 0) is 0 Å². The minimum atomic E-state index is 1.11. The molecule has 0 radical (unpaired) electrons. The van der Waals surface area contributed by atoms with Gasteiger partial charge in [-0.3, -0.25) is 0 Å². The summed E-state index contributed by atoms with van der Waals surface area (Å²) >= 11 is 0. The fourth-order valence-corrected chi connectivity index (χ4v) is 5.13. The van der Waals surface area contributed by atoms with Crippen LogP contribution in [0.4, 0.5) is 28.4 Å². The van der Waals surface area contributed by atoms with E-state index in [1.54, 1.807) is 0 Å². The fraction of sp³-hybridized carbons (Fsp3) is 0.0526. The van der Waals surface area contributed by atoms with E-state index in [9.17, 15) is 0 Å². The van der Waals surface area contributed by atoms with Gasteiger partial charge in [0.25, 0.3) is 0 Å². The third-order valence-electron chi connectivity index (χ3n) is 7.35. The van der Waals surface area contributed by atoms with Gasteiger partial charge in [0.2, 0.25) is 0 Å². The Bertz CT molecular complexity index is 1590. The number of hydrogen-bond acceptors (Lipinski definition) is 2. The van der Waals surface area contributed by atoms with Gasteiger partial charge in [0, 0.05) is 35.5 Å². The van der Waals surface area contributed by atoms with E-state index in [1.807, 2.05) is 0 Å². The second kappa shape index (κ2) is 11.3. The molecule has 2 nitrogen and oxygen atoms in total. The molecule has 40 heavy (non-hydrogen) atoms. The van der Waals surface area contributed by atoms with Crippen molar-refractivity contribution in [3.05, 3.63) is 163 Å². The third kappa shape index (κ3) is 5.39. The molecule has 0 saturated heterocycles. The van der Waals surface area contributed by atoms with Crippen LogP contribution in [0.25, 0.3) is 22.3 Å². The molecule has 0 fully saturated rings. The van der Waals surface area contributed by atoms with Gasteiger partial charge in [-0.25, -0.2) is 0 Å². The van der Waals surface area contributed by atoms with E-state index >= 15 is 0 Å². The molecule has 0 N–H and O–H groups in total. The molecule has 0 heterocycles. The minimum Gasteiger partial charge on any atom is -0.345 e. The number of nitrogens with zero attached hydrogens (tertiary/aromatic N) is 2. The second-order valence-corrected chi connectivity index (χ2v) is 10.1. The number of benzene rings is 6. The van der Waals surface area contributed by atoms with Gasteiger partial charge < -0.3 is 9.80 Å². The monoisotopic (exact) mass is 516 g/mol. The van der Waals surface area contributed by atoms with Crippen molar-refractivity contribution in [1.29, 1.82) is 0 Å². The van der Waals surface area contributed by atoms with Crippen LogP contribution in [-0.4, -0.2) is 7.05 Å². The molecule has 2 heteroatoms. The Morgan fingerprint density at radius 3 is 1.20 bits per heavy atom. The highest BCUT2D eigenvalue weighted by Gasteiger charge is 2.14. The van der Waals surface area contributed by atoms with Crippen molar-refractivity contribution in [2.75, 3.05) is 16.8 Å². The highest BCUT2D eigenvalue weighted by Crippen LogP contribution is 2.38. The van der Waals surface area contributed by atoms with Crippen molar-refractivity contribution >= 4 is 28.4 Å². The SMILES string of the molecule is Cc1cccc(N(C)c2ccc(N(c3ccc(-c4ccccc4)cc3)c3ccc(-c4ccccc4)cc3)cc2)c1. The van der Waals surface area contributed by atoms with Crippen LogP contribution in [0, 0.1) is 6.92 Å². The largest absolute Gasteiger partial charge is 0.345 e. The molecule has 0 spiro atoms. The van der Waals surface area contributed by atoms with E-state index in [1.165, 1.54) is 33.5 Å². The Labute approximate surface area is 237 Å². The van der Waals surface area contributed by atoms with Crippen molar-refractivity contribution in [3.8, 4) is 22.3 Å². The molecule has 6 aromatic rings. The van der Waals surface area contributed by atoms with E-state index in [0.29, 0.717) is 0 Å². The predicted octanol–water partition coefficient (Wildman–Crippen LogP) is 10.6. The molecular formula is C38H32N2. The summed E-state index contributed by atoms with van der Waals surface area (Å²) in [7, 11) is 2.12. The van der Waals surface area contributed by atoms with Crippen LogP contribution >= 0.6 is 0 Å². The van der Waals surface area contributed by atoms with Gasteiger partial charge in [-0.1, -0.05) is 97.1 Å². The molecule has 0 aliphatic rings. The van der Waals surface area contributed by atoms with Crippen LogP contribution < -0.4 is 9.80 Å². The zero-order valence-corrected chi connectivity index (χ0v) is 22.9. The van der Waals surface area contributed by atoms with E-state index in [0.717, 1.165) is 22.7 Å². The van der Waals surface area contributed by atoms with Gasteiger partial charge >= 0.3 is 0 Å². The van der Waals surface area contributed by atoms with Gasteiger partial charge in [0.05, 0.1) is 0 Å². The fourth-order valence-electron chi connectivity index (χ4n) is 5.13. The Morgan fingerprint density at radius 1 is 0.350 bits per heavy atom. The smallest absolute Gasteiger partial charge is 0.0463 e. The molecule has 6 aromatic carbocycles. The number of anilines is 5. The lowest BCUT2D eigenvalue weighted by Gasteiger charge is -2.27. The summed E-state index contributed by atoms with van der Waals surface area (Å²) in [6.45, 7) is 2.13. The Morgan fingerprint density at radius 2 is 0.750 bits per heavy atom. The lowest BCUT2D eigenvalue weighted by Crippen LogP contribution is -2.12. The topological polar surface area (TPSA) is 6.48 Å². The van der Waals surface area contributed by atoms with Gasteiger partial charge in [-0.2, -0.15) is 0 Å². The van der Waals surface area contributed by atoms with Crippen molar-refractivity contribution in [2.45, 2.75) is 6.92 Å². The van der Waals surface area contributed by atoms with Crippen LogP contribution in [0.2, 0.25) is 0 Å². The van der Waals surface area contributed by atoms with Crippen LogP contribution in [0.5, 0.6) is 0 Å². The van der Waals surface area contributed by atoms with Crippen LogP contribution in [0.1, 0.15) is 5.56 Å². The highest BCUT2D eigenvalue weighted by atomic mass is 15.1. The first-order chi connectivity index (χ1) is 19.7. The van der Waals surface area contributed by atoms with Gasteiger partial charge in [0.1, 0.15) is 0 Å². The number of rotatable bonds is 7. The highest BCUT2D eigenvalue weighted by molar-refractivity contribution is 5.80. The maximum Gasteiger partial charge on any atom is 0.0463 e. The first-order valence-electron chi connectivity index (χ1n) is 13.7. The molecule has 0 aromatic heterocycles.